The first kappa shape index (κ1) is 21.4. The van der Waals surface area contributed by atoms with E-state index in [-0.39, 0.29) is 28.2 Å². The Morgan fingerprint density at radius 3 is 2.50 bits per heavy atom. The summed E-state index contributed by atoms with van der Waals surface area (Å²) in [6.45, 7) is 0.328. The average Bonchev–Trinajstić information content (AvgIpc) is 3.11. The zero-order chi connectivity index (χ0) is 22.1. The molecule has 1 heterocycles. The molecular weight excluding hydrogens is 409 g/mol. The average molecular weight is 425 g/mol. The number of carbonyl (C=O) groups excluding carboxylic acids is 1. The largest absolute Gasteiger partial charge is 0.414 e. The predicted octanol–water partition coefficient (Wildman–Crippen LogP) is 4.38. The molecule has 0 aliphatic heterocycles. The molecular formula is C20H16F5N3O2. The number of hydrogen-bond donors (Lipinski definition) is 1. The summed E-state index contributed by atoms with van der Waals surface area (Å²) in [5.41, 5.74) is 5.44. The second kappa shape index (κ2) is 8.23. The van der Waals surface area contributed by atoms with Crippen LogP contribution in [0, 0.1) is 11.6 Å². The van der Waals surface area contributed by atoms with Gasteiger partial charge in [-0.1, -0.05) is 12.1 Å². The van der Waals surface area contributed by atoms with Crippen molar-refractivity contribution in [3.63, 3.8) is 0 Å². The molecule has 1 amide bonds. The molecule has 3 aromatic rings. The lowest BCUT2D eigenvalue weighted by Gasteiger charge is -2.17. The van der Waals surface area contributed by atoms with Gasteiger partial charge < -0.3 is 10.5 Å². The fourth-order valence-electron chi connectivity index (χ4n) is 2.71. The summed E-state index contributed by atoms with van der Waals surface area (Å²) in [6.07, 6.45) is -6.61. The smallest absolute Gasteiger partial charge is 0.364 e. The van der Waals surface area contributed by atoms with Gasteiger partial charge in [-0.15, -0.1) is 0 Å². The van der Waals surface area contributed by atoms with Crippen LogP contribution in [0.15, 0.2) is 48.5 Å². The van der Waals surface area contributed by atoms with Crippen molar-refractivity contribution in [1.29, 1.82) is 0 Å². The Morgan fingerprint density at radius 2 is 1.87 bits per heavy atom. The molecule has 0 radical (unpaired) electrons. The third-order valence-electron chi connectivity index (χ3n) is 4.26. The number of rotatable bonds is 6. The Bertz CT molecular complexity index is 1080. The number of benzene rings is 2. The highest BCUT2D eigenvalue weighted by Gasteiger charge is 2.36. The van der Waals surface area contributed by atoms with Gasteiger partial charge in [-0.25, -0.2) is 13.5 Å². The lowest BCUT2D eigenvalue weighted by molar-refractivity contribution is -0.217. The van der Waals surface area contributed by atoms with Gasteiger partial charge in [-0.3, -0.25) is 4.79 Å². The van der Waals surface area contributed by atoms with Gasteiger partial charge in [0.1, 0.15) is 17.3 Å². The molecule has 158 valence electrons. The van der Waals surface area contributed by atoms with Crippen LogP contribution < -0.4 is 5.73 Å². The van der Waals surface area contributed by atoms with Crippen molar-refractivity contribution < 1.29 is 31.5 Å². The zero-order valence-corrected chi connectivity index (χ0v) is 15.6. The van der Waals surface area contributed by atoms with E-state index in [2.05, 4.69) is 5.10 Å². The minimum absolute atomic E-state index is 0.0206. The van der Waals surface area contributed by atoms with Crippen LogP contribution in [0.4, 0.5) is 22.0 Å². The van der Waals surface area contributed by atoms with Crippen molar-refractivity contribution in [2.75, 3.05) is 0 Å². The third kappa shape index (κ3) is 4.65. The van der Waals surface area contributed by atoms with E-state index in [1.54, 1.807) is 0 Å². The maximum atomic E-state index is 14.3. The summed E-state index contributed by atoms with van der Waals surface area (Å²) in [6, 6.07) is 10.3. The van der Waals surface area contributed by atoms with Crippen molar-refractivity contribution in [2.45, 2.75) is 25.8 Å². The first-order chi connectivity index (χ1) is 14.1. The number of halogens is 5. The summed E-state index contributed by atoms with van der Waals surface area (Å²) in [4.78, 5) is 11.6. The van der Waals surface area contributed by atoms with Crippen molar-refractivity contribution in [1.82, 2.24) is 9.78 Å². The normalized spacial score (nSPS) is 12.7. The van der Waals surface area contributed by atoms with E-state index < -0.39 is 36.4 Å². The Morgan fingerprint density at radius 1 is 1.17 bits per heavy atom. The summed E-state index contributed by atoms with van der Waals surface area (Å²) in [7, 11) is 0. The van der Waals surface area contributed by atoms with Crippen LogP contribution in [0.25, 0.3) is 16.9 Å². The molecule has 5 nitrogen and oxygen atoms in total. The van der Waals surface area contributed by atoms with Crippen molar-refractivity contribution >= 4 is 5.91 Å². The molecule has 2 aromatic carbocycles. The van der Waals surface area contributed by atoms with Gasteiger partial charge >= 0.3 is 6.18 Å². The third-order valence-corrected chi connectivity index (χ3v) is 4.26. The lowest BCUT2D eigenvalue weighted by Crippen LogP contribution is -2.28. The highest BCUT2D eigenvalue weighted by atomic mass is 19.4. The number of carbonyl (C=O) groups is 1. The summed E-state index contributed by atoms with van der Waals surface area (Å²) < 4.78 is 72.2. The minimum Gasteiger partial charge on any atom is -0.364 e. The molecule has 10 heteroatoms. The second-order valence-corrected chi connectivity index (χ2v) is 6.49. The van der Waals surface area contributed by atoms with Gasteiger partial charge in [-0.2, -0.15) is 18.3 Å². The number of hydrogen-bond acceptors (Lipinski definition) is 3. The predicted molar refractivity (Wildman–Crippen MR) is 97.7 cm³/mol. The van der Waals surface area contributed by atoms with Crippen LogP contribution in [0.1, 0.15) is 23.0 Å². The summed E-state index contributed by atoms with van der Waals surface area (Å²) in [5.74, 6) is -2.30. The van der Waals surface area contributed by atoms with Crippen LogP contribution in [0.5, 0.6) is 0 Å². The number of ether oxygens (including phenoxy) is 1. The Labute approximate surface area is 167 Å². The molecule has 0 fully saturated rings. The van der Waals surface area contributed by atoms with Crippen LogP contribution in [-0.2, 0) is 11.3 Å². The second-order valence-electron chi connectivity index (χ2n) is 6.49. The molecule has 1 atom stereocenters. The van der Waals surface area contributed by atoms with Gasteiger partial charge in [0.05, 0.1) is 12.3 Å². The molecule has 0 saturated carbocycles. The Balaban J connectivity index is 2.04. The molecule has 0 aliphatic rings. The zero-order valence-electron chi connectivity index (χ0n) is 15.6. The molecule has 30 heavy (non-hydrogen) atoms. The van der Waals surface area contributed by atoms with E-state index in [1.165, 1.54) is 36.4 Å². The topological polar surface area (TPSA) is 70.1 Å². The fraction of sp³-hybridized carbons (Fsp3) is 0.200. The van der Waals surface area contributed by atoms with E-state index in [0.717, 1.165) is 23.7 Å². The first-order valence-electron chi connectivity index (χ1n) is 8.69. The van der Waals surface area contributed by atoms with Crippen LogP contribution in [0.3, 0.4) is 0 Å². The van der Waals surface area contributed by atoms with Crippen LogP contribution in [0.2, 0.25) is 0 Å². The van der Waals surface area contributed by atoms with E-state index in [9.17, 15) is 26.7 Å². The van der Waals surface area contributed by atoms with Crippen molar-refractivity contribution in [3.8, 4) is 16.9 Å². The molecule has 0 spiro atoms. The molecule has 0 bridgehead atoms. The molecule has 2 N–H and O–H groups in total. The van der Waals surface area contributed by atoms with Crippen LogP contribution in [-0.4, -0.2) is 28.0 Å². The van der Waals surface area contributed by atoms with Crippen molar-refractivity contribution in [2.24, 2.45) is 5.73 Å². The highest BCUT2D eigenvalue weighted by Crippen LogP contribution is 2.28. The molecule has 1 aromatic heterocycles. The Hall–Kier alpha value is -3.27. The van der Waals surface area contributed by atoms with E-state index in [1.807, 2.05) is 0 Å². The number of alkyl halides is 3. The monoisotopic (exact) mass is 425 g/mol. The lowest BCUT2D eigenvalue weighted by atomic mass is 10.1. The highest BCUT2D eigenvalue weighted by molar-refractivity contribution is 5.92. The number of amides is 1. The molecule has 0 unspecified atom stereocenters. The van der Waals surface area contributed by atoms with E-state index >= 15 is 0 Å². The standard InChI is InChI=1S/C20H16F5N3O2/c1-11(20(23,24)25)30-10-12-6-13(8-14(21)7-12)18-9-16(19(26)29)27-28(18)17-5-3-2-4-15(17)22/h2-9,11H,10H2,1H3,(H2,26,29)/t11-/m1/s1. The first-order valence-corrected chi connectivity index (χ1v) is 8.69. The minimum atomic E-state index is -4.56. The number of nitrogens with zero attached hydrogens (tertiary/aromatic N) is 2. The SMILES string of the molecule is C[C@@H](OCc1cc(F)cc(-c2cc(C(N)=O)nn2-c2ccccc2F)c1)C(F)(F)F. The number of nitrogens with two attached hydrogens (primary N) is 1. The quantitative estimate of drug-likeness (QED) is 0.596. The number of aromatic nitrogens is 2. The maximum absolute atomic E-state index is 14.3. The van der Waals surface area contributed by atoms with E-state index in [0.29, 0.717) is 0 Å². The van der Waals surface area contributed by atoms with Crippen molar-refractivity contribution in [3.05, 3.63) is 71.4 Å². The van der Waals surface area contributed by atoms with Gasteiger partial charge in [-0.05, 0) is 48.9 Å². The molecule has 0 aliphatic carbocycles. The Kier molecular flexibility index (Phi) is 5.88. The summed E-state index contributed by atoms with van der Waals surface area (Å²) >= 11 is 0. The fourth-order valence-corrected chi connectivity index (χ4v) is 2.71. The molecule has 0 saturated heterocycles. The van der Waals surface area contributed by atoms with Gasteiger partial charge in [0.2, 0.25) is 0 Å². The molecule has 3 rings (SSSR count). The number of primary amides is 1. The summed E-state index contributed by atoms with van der Waals surface area (Å²) in [5, 5.41) is 3.98. The van der Waals surface area contributed by atoms with Crippen LogP contribution >= 0.6 is 0 Å². The number of para-hydroxylation sites is 1. The van der Waals surface area contributed by atoms with Gasteiger partial charge in [0.25, 0.3) is 5.91 Å². The van der Waals surface area contributed by atoms with E-state index in [4.69, 9.17) is 10.5 Å². The van der Waals surface area contributed by atoms with Gasteiger partial charge in [0, 0.05) is 5.56 Å². The van der Waals surface area contributed by atoms with Gasteiger partial charge in [0.15, 0.2) is 11.8 Å². The maximum Gasteiger partial charge on any atom is 0.414 e.